The van der Waals surface area contributed by atoms with Crippen molar-refractivity contribution < 1.29 is 22.8 Å². The van der Waals surface area contributed by atoms with Gasteiger partial charge in [-0.25, -0.2) is 9.97 Å². The average Bonchev–Trinajstić information content (AvgIpc) is 2.62. The first-order chi connectivity index (χ1) is 12.2. The van der Waals surface area contributed by atoms with Crippen LogP contribution in [0.5, 0.6) is 0 Å². The van der Waals surface area contributed by atoms with Crippen molar-refractivity contribution in [3.05, 3.63) is 35.8 Å². The number of aromatic nitrogens is 2. The second-order valence-corrected chi connectivity index (χ2v) is 6.02. The average molecular weight is 368 g/mol. The summed E-state index contributed by atoms with van der Waals surface area (Å²) < 4.78 is 37.0. The minimum absolute atomic E-state index is 0.136. The summed E-state index contributed by atoms with van der Waals surface area (Å²) in [5.41, 5.74) is 1.55. The van der Waals surface area contributed by atoms with Gasteiger partial charge in [0.2, 0.25) is 0 Å². The molecule has 0 aliphatic carbocycles. The third-order valence-electron chi connectivity index (χ3n) is 4.32. The standard InChI is InChI=1S/C17H19F3N4O2/c1-9(7-22-16(26)17(18,19)20)10(2)11-5-4-6-12-13(11)23-8-24-14(12)15(25)21-3/h4-6,8-10H,7H2,1-3H3,(H,21,25)(H,22,26)/t9-,10?/m1/s1. The molecule has 0 aliphatic heterocycles. The van der Waals surface area contributed by atoms with Crippen LogP contribution in [0.3, 0.4) is 0 Å². The van der Waals surface area contributed by atoms with Crippen LogP contribution in [0.4, 0.5) is 13.2 Å². The molecule has 0 bridgehead atoms. The number of hydrogen-bond acceptors (Lipinski definition) is 4. The maximum Gasteiger partial charge on any atom is 0.471 e. The van der Waals surface area contributed by atoms with Crippen molar-refractivity contribution in [2.75, 3.05) is 13.6 Å². The maximum absolute atomic E-state index is 12.3. The summed E-state index contributed by atoms with van der Waals surface area (Å²) in [6, 6.07) is 5.26. The fourth-order valence-corrected chi connectivity index (χ4v) is 2.61. The Morgan fingerprint density at radius 2 is 1.88 bits per heavy atom. The summed E-state index contributed by atoms with van der Waals surface area (Å²) in [6.45, 7) is 3.44. The van der Waals surface area contributed by atoms with Crippen LogP contribution < -0.4 is 10.6 Å². The van der Waals surface area contributed by atoms with E-state index in [-0.39, 0.29) is 30.0 Å². The number of amides is 2. The first-order valence-electron chi connectivity index (χ1n) is 7.97. The molecule has 1 heterocycles. The highest BCUT2D eigenvalue weighted by Gasteiger charge is 2.38. The molecule has 1 unspecified atom stereocenters. The molecule has 2 atom stereocenters. The lowest BCUT2D eigenvalue weighted by Crippen LogP contribution is -2.39. The molecule has 0 saturated carbocycles. The minimum atomic E-state index is -4.90. The van der Waals surface area contributed by atoms with E-state index in [1.54, 1.807) is 25.1 Å². The lowest BCUT2D eigenvalue weighted by molar-refractivity contribution is -0.173. The molecule has 0 aliphatic rings. The number of nitrogens with zero attached hydrogens (tertiary/aromatic N) is 2. The van der Waals surface area contributed by atoms with Crippen molar-refractivity contribution >= 4 is 22.7 Å². The lowest BCUT2D eigenvalue weighted by atomic mass is 9.87. The van der Waals surface area contributed by atoms with Crippen LogP contribution in [0.15, 0.2) is 24.5 Å². The highest BCUT2D eigenvalue weighted by Crippen LogP contribution is 2.30. The van der Waals surface area contributed by atoms with E-state index in [2.05, 4.69) is 15.3 Å². The molecular formula is C17H19F3N4O2. The summed E-state index contributed by atoms with van der Waals surface area (Å²) in [5.74, 6) is -2.81. The Hall–Kier alpha value is -2.71. The zero-order valence-electron chi connectivity index (χ0n) is 14.5. The number of carbonyl (C=O) groups is 2. The molecule has 1 aromatic heterocycles. The molecular weight excluding hydrogens is 349 g/mol. The molecule has 2 amide bonds. The van der Waals surface area contributed by atoms with Crippen molar-refractivity contribution in [2.24, 2.45) is 5.92 Å². The van der Waals surface area contributed by atoms with E-state index in [9.17, 15) is 22.8 Å². The Balaban J connectivity index is 2.29. The molecule has 2 aromatic rings. The van der Waals surface area contributed by atoms with Gasteiger partial charge in [-0.15, -0.1) is 0 Å². The first-order valence-corrected chi connectivity index (χ1v) is 7.97. The minimum Gasteiger partial charge on any atom is -0.354 e. The molecule has 26 heavy (non-hydrogen) atoms. The van der Waals surface area contributed by atoms with Gasteiger partial charge in [0, 0.05) is 19.0 Å². The number of para-hydroxylation sites is 1. The van der Waals surface area contributed by atoms with E-state index in [1.165, 1.54) is 13.4 Å². The van der Waals surface area contributed by atoms with E-state index in [4.69, 9.17) is 0 Å². The van der Waals surface area contributed by atoms with Gasteiger partial charge in [0.05, 0.1) is 5.52 Å². The van der Waals surface area contributed by atoms with Crippen molar-refractivity contribution in [1.29, 1.82) is 0 Å². The van der Waals surface area contributed by atoms with Gasteiger partial charge >= 0.3 is 12.1 Å². The Morgan fingerprint density at radius 1 is 1.19 bits per heavy atom. The largest absolute Gasteiger partial charge is 0.471 e. The molecule has 1 aromatic carbocycles. The Bertz CT molecular complexity index is 823. The molecule has 2 N–H and O–H groups in total. The van der Waals surface area contributed by atoms with Crippen LogP contribution in [-0.4, -0.2) is 41.6 Å². The van der Waals surface area contributed by atoms with Gasteiger partial charge in [0.1, 0.15) is 12.0 Å². The Labute approximate surface area is 148 Å². The smallest absolute Gasteiger partial charge is 0.354 e. The van der Waals surface area contributed by atoms with Gasteiger partial charge in [-0.05, 0) is 17.4 Å². The second kappa shape index (κ2) is 7.67. The molecule has 0 fully saturated rings. The fraction of sp³-hybridized carbons (Fsp3) is 0.412. The summed E-state index contributed by atoms with van der Waals surface area (Å²) in [4.78, 5) is 31.2. The third-order valence-corrected chi connectivity index (χ3v) is 4.32. The number of hydrogen-bond donors (Lipinski definition) is 2. The zero-order chi connectivity index (χ0) is 19.5. The summed E-state index contributed by atoms with van der Waals surface area (Å²) >= 11 is 0. The van der Waals surface area contributed by atoms with Gasteiger partial charge in [-0.3, -0.25) is 9.59 Å². The predicted octanol–water partition coefficient (Wildman–Crippen LogP) is 2.41. The number of nitrogens with one attached hydrogen (secondary N) is 2. The maximum atomic E-state index is 12.3. The summed E-state index contributed by atoms with van der Waals surface area (Å²) in [5, 5.41) is 4.97. The van der Waals surface area contributed by atoms with Gasteiger partial charge < -0.3 is 10.6 Å². The molecule has 0 saturated heterocycles. The van der Waals surface area contributed by atoms with Crippen LogP contribution >= 0.6 is 0 Å². The van der Waals surface area contributed by atoms with E-state index >= 15 is 0 Å². The van der Waals surface area contributed by atoms with Crippen LogP contribution in [0.25, 0.3) is 10.9 Å². The normalized spacial score (nSPS) is 13.9. The molecule has 0 spiro atoms. The van der Waals surface area contributed by atoms with Crippen LogP contribution in [0, 0.1) is 5.92 Å². The Kier molecular flexibility index (Phi) is 5.79. The highest BCUT2D eigenvalue weighted by atomic mass is 19.4. The third kappa shape index (κ3) is 4.09. The van der Waals surface area contributed by atoms with Gasteiger partial charge in [-0.2, -0.15) is 13.2 Å². The Morgan fingerprint density at radius 3 is 2.50 bits per heavy atom. The molecule has 6 nitrogen and oxygen atoms in total. The van der Waals surface area contributed by atoms with Crippen molar-refractivity contribution in [3.63, 3.8) is 0 Å². The quantitative estimate of drug-likeness (QED) is 0.849. The number of carbonyl (C=O) groups excluding carboxylic acids is 2. The van der Waals surface area contributed by atoms with Crippen molar-refractivity contribution in [3.8, 4) is 0 Å². The molecule has 0 radical (unpaired) electrons. The van der Waals surface area contributed by atoms with E-state index in [0.29, 0.717) is 10.9 Å². The number of fused-ring (bicyclic) bond motifs is 1. The summed E-state index contributed by atoms with van der Waals surface area (Å²) in [6.07, 6.45) is -3.63. The van der Waals surface area contributed by atoms with Crippen molar-refractivity contribution in [2.45, 2.75) is 25.9 Å². The number of rotatable bonds is 5. The van der Waals surface area contributed by atoms with Crippen LogP contribution in [0.1, 0.15) is 35.8 Å². The van der Waals surface area contributed by atoms with Crippen LogP contribution in [-0.2, 0) is 4.79 Å². The van der Waals surface area contributed by atoms with E-state index in [1.807, 2.05) is 12.2 Å². The van der Waals surface area contributed by atoms with Crippen molar-refractivity contribution in [1.82, 2.24) is 20.6 Å². The highest BCUT2D eigenvalue weighted by molar-refractivity contribution is 6.04. The lowest BCUT2D eigenvalue weighted by Gasteiger charge is -2.22. The second-order valence-electron chi connectivity index (χ2n) is 6.02. The summed E-state index contributed by atoms with van der Waals surface area (Å²) in [7, 11) is 1.49. The topological polar surface area (TPSA) is 84.0 Å². The van der Waals surface area contributed by atoms with E-state index < -0.39 is 12.1 Å². The zero-order valence-corrected chi connectivity index (χ0v) is 14.5. The molecule has 140 valence electrons. The predicted molar refractivity (Wildman–Crippen MR) is 89.6 cm³/mol. The van der Waals surface area contributed by atoms with Gasteiger partial charge in [0.15, 0.2) is 0 Å². The fourth-order valence-electron chi connectivity index (χ4n) is 2.61. The number of benzene rings is 1. The molecule has 9 heteroatoms. The molecule has 2 rings (SSSR count). The SMILES string of the molecule is CNC(=O)c1ncnc2c(C(C)[C@H](C)CNC(=O)C(F)(F)F)cccc12. The number of halogens is 3. The van der Waals surface area contributed by atoms with E-state index in [0.717, 1.165) is 5.56 Å². The first kappa shape index (κ1) is 19.6. The monoisotopic (exact) mass is 368 g/mol. The number of alkyl halides is 3. The van der Waals surface area contributed by atoms with Gasteiger partial charge in [0.25, 0.3) is 5.91 Å². The van der Waals surface area contributed by atoms with Gasteiger partial charge in [-0.1, -0.05) is 32.0 Å². The van der Waals surface area contributed by atoms with Crippen LogP contribution in [0.2, 0.25) is 0 Å².